The summed E-state index contributed by atoms with van der Waals surface area (Å²) >= 11 is 0. The van der Waals surface area contributed by atoms with E-state index in [0.29, 0.717) is 0 Å². The zero-order valence-electron chi connectivity index (χ0n) is 9.53. The minimum atomic E-state index is -4.57. The lowest BCUT2D eigenvalue weighted by molar-refractivity contribution is -0.139. The van der Waals surface area contributed by atoms with Gasteiger partial charge in [0.1, 0.15) is 11.9 Å². The molecule has 0 saturated heterocycles. The van der Waals surface area contributed by atoms with Gasteiger partial charge in [-0.3, -0.25) is 4.98 Å². The van der Waals surface area contributed by atoms with Crippen LogP contribution in [0.25, 0.3) is 0 Å². The summed E-state index contributed by atoms with van der Waals surface area (Å²) in [4.78, 5) is 3.59. The number of hydrogen-bond donors (Lipinski definition) is 1. The number of halogens is 4. The maximum atomic E-state index is 12.8. The molecule has 1 atom stereocenters. The Bertz CT molecular complexity index is 566. The average molecular weight is 271 g/mol. The lowest BCUT2D eigenvalue weighted by Crippen LogP contribution is -2.13. The van der Waals surface area contributed by atoms with Gasteiger partial charge in [0.2, 0.25) is 0 Å². The van der Waals surface area contributed by atoms with E-state index < -0.39 is 23.7 Å². The summed E-state index contributed by atoms with van der Waals surface area (Å²) in [5, 5.41) is 9.94. The Morgan fingerprint density at radius 2 is 1.74 bits per heavy atom. The zero-order valence-corrected chi connectivity index (χ0v) is 9.53. The molecule has 1 heterocycles. The number of hydrogen-bond acceptors (Lipinski definition) is 2. The van der Waals surface area contributed by atoms with Crippen molar-refractivity contribution in [1.29, 1.82) is 0 Å². The maximum absolute atomic E-state index is 12.8. The standard InChI is InChI=1S/C13H9F4NO/c14-8-5-6-11(18-7-8)12(19)9-3-1-2-4-10(9)13(15,16)17/h1-7,12,19H. The molecule has 2 rings (SSSR count). The SMILES string of the molecule is OC(c1ccc(F)cn1)c1ccccc1C(F)(F)F. The van der Waals surface area contributed by atoms with Crippen LogP contribution in [0.1, 0.15) is 22.9 Å². The first kappa shape index (κ1) is 13.5. The summed E-state index contributed by atoms with van der Waals surface area (Å²) < 4.78 is 51.1. The number of aliphatic hydroxyl groups is 1. The van der Waals surface area contributed by atoms with Crippen molar-refractivity contribution >= 4 is 0 Å². The smallest absolute Gasteiger partial charge is 0.382 e. The highest BCUT2D eigenvalue weighted by Crippen LogP contribution is 2.35. The van der Waals surface area contributed by atoms with Gasteiger partial charge in [0.15, 0.2) is 0 Å². The van der Waals surface area contributed by atoms with E-state index in [1.54, 1.807) is 0 Å². The highest BCUT2D eigenvalue weighted by Gasteiger charge is 2.35. The summed E-state index contributed by atoms with van der Waals surface area (Å²) in [7, 11) is 0. The molecule has 1 N–H and O–H groups in total. The fourth-order valence-corrected chi connectivity index (χ4v) is 1.70. The molecule has 0 saturated carbocycles. The van der Waals surface area contributed by atoms with Gasteiger partial charge in [0.25, 0.3) is 0 Å². The molecule has 0 aliphatic rings. The van der Waals surface area contributed by atoms with Crippen LogP contribution >= 0.6 is 0 Å². The number of rotatable bonds is 2. The Labute approximate surface area is 106 Å². The average Bonchev–Trinajstić information content (AvgIpc) is 2.38. The number of benzene rings is 1. The van der Waals surface area contributed by atoms with E-state index in [2.05, 4.69) is 4.98 Å². The third kappa shape index (κ3) is 2.90. The summed E-state index contributed by atoms with van der Waals surface area (Å²) in [6.45, 7) is 0. The summed E-state index contributed by atoms with van der Waals surface area (Å²) in [5.41, 5.74) is -1.29. The van der Waals surface area contributed by atoms with Crippen LogP contribution in [0.5, 0.6) is 0 Å². The molecular formula is C13H9F4NO. The van der Waals surface area contributed by atoms with Gasteiger partial charge in [-0.05, 0) is 23.8 Å². The number of pyridine rings is 1. The highest BCUT2D eigenvalue weighted by atomic mass is 19.4. The van der Waals surface area contributed by atoms with Crippen molar-refractivity contribution in [2.75, 3.05) is 0 Å². The summed E-state index contributed by atoms with van der Waals surface area (Å²) in [5.74, 6) is -0.625. The Hall–Kier alpha value is -1.95. The third-order valence-corrected chi connectivity index (χ3v) is 2.59. The van der Waals surface area contributed by atoms with Crippen molar-refractivity contribution < 1.29 is 22.7 Å². The Kier molecular flexibility index (Phi) is 3.53. The molecular weight excluding hydrogens is 262 g/mol. The fraction of sp³-hybridized carbons (Fsp3) is 0.154. The lowest BCUT2D eigenvalue weighted by atomic mass is 9.99. The van der Waals surface area contributed by atoms with Crippen molar-refractivity contribution in [2.45, 2.75) is 12.3 Å². The molecule has 19 heavy (non-hydrogen) atoms. The Balaban J connectivity index is 2.44. The topological polar surface area (TPSA) is 33.1 Å². The largest absolute Gasteiger partial charge is 0.416 e. The predicted octanol–water partition coefficient (Wildman–Crippen LogP) is 3.32. The minimum Gasteiger partial charge on any atom is -0.382 e. The first-order valence-corrected chi connectivity index (χ1v) is 5.35. The number of aliphatic hydroxyl groups excluding tert-OH is 1. The molecule has 2 nitrogen and oxygen atoms in total. The van der Waals surface area contributed by atoms with Crippen LogP contribution in [0.15, 0.2) is 42.6 Å². The highest BCUT2D eigenvalue weighted by molar-refractivity contribution is 5.35. The van der Waals surface area contributed by atoms with Gasteiger partial charge in [0.05, 0.1) is 17.5 Å². The molecule has 1 aromatic heterocycles. The number of nitrogens with zero attached hydrogens (tertiary/aromatic N) is 1. The quantitative estimate of drug-likeness (QED) is 0.850. The van der Waals surface area contributed by atoms with E-state index in [1.807, 2.05) is 0 Å². The van der Waals surface area contributed by atoms with Crippen molar-refractivity contribution in [2.24, 2.45) is 0 Å². The molecule has 2 aromatic rings. The molecule has 1 unspecified atom stereocenters. The molecule has 100 valence electrons. The fourth-order valence-electron chi connectivity index (χ4n) is 1.70. The van der Waals surface area contributed by atoms with Gasteiger partial charge in [-0.1, -0.05) is 18.2 Å². The minimum absolute atomic E-state index is 0.0434. The molecule has 0 fully saturated rings. The van der Waals surface area contributed by atoms with Crippen LogP contribution in [0.4, 0.5) is 17.6 Å². The monoisotopic (exact) mass is 271 g/mol. The van der Waals surface area contributed by atoms with Crippen molar-refractivity contribution in [3.05, 3.63) is 65.2 Å². The molecule has 0 bridgehead atoms. The van der Waals surface area contributed by atoms with Crippen LogP contribution in [0.2, 0.25) is 0 Å². The number of aromatic nitrogens is 1. The second-order valence-electron chi connectivity index (χ2n) is 3.89. The van der Waals surface area contributed by atoms with Gasteiger partial charge in [-0.25, -0.2) is 4.39 Å². The molecule has 0 aliphatic carbocycles. The van der Waals surface area contributed by atoms with Crippen LogP contribution in [0, 0.1) is 5.82 Å². The van der Waals surface area contributed by atoms with Gasteiger partial charge in [0, 0.05) is 0 Å². The lowest BCUT2D eigenvalue weighted by Gasteiger charge is -2.16. The van der Waals surface area contributed by atoms with Crippen molar-refractivity contribution in [1.82, 2.24) is 4.98 Å². The van der Waals surface area contributed by atoms with E-state index in [4.69, 9.17) is 0 Å². The first-order chi connectivity index (χ1) is 8.89. The zero-order chi connectivity index (χ0) is 14.0. The number of alkyl halides is 3. The van der Waals surface area contributed by atoms with Gasteiger partial charge in [-0.15, -0.1) is 0 Å². The summed E-state index contributed by atoms with van der Waals surface area (Å²) in [6.07, 6.45) is -5.29. The Morgan fingerprint density at radius 1 is 1.05 bits per heavy atom. The van der Waals surface area contributed by atoms with Gasteiger partial charge >= 0.3 is 6.18 Å². The second-order valence-corrected chi connectivity index (χ2v) is 3.89. The predicted molar refractivity (Wildman–Crippen MR) is 59.7 cm³/mol. The van der Waals surface area contributed by atoms with Gasteiger partial charge in [-0.2, -0.15) is 13.2 Å². The van der Waals surface area contributed by atoms with E-state index in [0.717, 1.165) is 24.4 Å². The molecule has 6 heteroatoms. The molecule has 0 radical (unpaired) electrons. The third-order valence-electron chi connectivity index (χ3n) is 2.59. The van der Waals surface area contributed by atoms with Crippen LogP contribution in [-0.2, 0) is 6.18 Å². The van der Waals surface area contributed by atoms with Gasteiger partial charge < -0.3 is 5.11 Å². The normalized spacial score (nSPS) is 13.3. The summed E-state index contributed by atoms with van der Waals surface area (Å²) in [6, 6.07) is 6.84. The van der Waals surface area contributed by atoms with Crippen LogP contribution in [-0.4, -0.2) is 10.1 Å². The van der Waals surface area contributed by atoms with Crippen LogP contribution < -0.4 is 0 Å². The van der Waals surface area contributed by atoms with E-state index >= 15 is 0 Å². The second kappa shape index (κ2) is 4.97. The van der Waals surface area contributed by atoms with E-state index in [1.165, 1.54) is 18.2 Å². The molecule has 0 amide bonds. The maximum Gasteiger partial charge on any atom is 0.416 e. The molecule has 0 spiro atoms. The van der Waals surface area contributed by atoms with Crippen LogP contribution in [0.3, 0.4) is 0 Å². The molecule has 0 aliphatic heterocycles. The van der Waals surface area contributed by atoms with E-state index in [9.17, 15) is 22.7 Å². The van der Waals surface area contributed by atoms with E-state index in [-0.39, 0.29) is 11.3 Å². The van der Waals surface area contributed by atoms with Crippen molar-refractivity contribution in [3.8, 4) is 0 Å². The van der Waals surface area contributed by atoms with Crippen molar-refractivity contribution in [3.63, 3.8) is 0 Å². The first-order valence-electron chi connectivity index (χ1n) is 5.35. The Morgan fingerprint density at radius 3 is 2.32 bits per heavy atom. The molecule has 1 aromatic carbocycles.